The molecule has 0 radical (unpaired) electrons. The molecule has 4 aromatic rings. The van der Waals surface area contributed by atoms with E-state index in [2.05, 4.69) is 4.74 Å². The van der Waals surface area contributed by atoms with Gasteiger partial charge < -0.3 is 15.0 Å². The van der Waals surface area contributed by atoms with Crippen molar-refractivity contribution in [3.8, 4) is 11.1 Å². The van der Waals surface area contributed by atoms with Gasteiger partial charge in [-0.05, 0) is 41.7 Å². The smallest absolute Gasteiger partial charge is 0.379 e. The molecular formula is C29H24N2O5. The number of ether oxygens (including phenoxy) is 1. The number of nitrogens with two attached hydrogens (primary N) is 1. The van der Waals surface area contributed by atoms with E-state index >= 15 is 0 Å². The van der Waals surface area contributed by atoms with Gasteiger partial charge in [-0.1, -0.05) is 60.7 Å². The molecule has 0 bridgehead atoms. The second-order valence-corrected chi connectivity index (χ2v) is 8.86. The van der Waals surface area contributed by atoms with E-state index in [-0.39, 0.29) is 22.4 Å². The van der Waals surface area contributed by atoms with Crippen molar-refractivity contribution in [1.82, 2.24) is 4.57 Å². The summed E-state index contributed by atoms with van der Waals surface area (Å²) < 4.78 is 6.63. The van der Waals surface area contributed by atoms with Crippen LogP contribution in [0, 0.1) is 0 Å². The van der Waals surface area contributed by atoms with Crippen molar-refractivity contribution in [2.75, 3.05) is 7.11 Å². The fraction of sp³-hybridized carbons (Fsp3) is 0.172. The zero-order valence-corrected chi connectivity index (χ0v) is 19.7. The minimum absolute atomic E-state index is 0.0148. The zero-order valence-electron chi connectivity index (χ0n) is 19.7. The van der Waals surface area contributed by atoms with E-state index in [0.717, 1.165) is 36.6 Å². The maximum absolute atomic E-state index is 13.2. The zero-order chi connectivity index (χ0) is 25.4. The number of hydrogen-bond acceptors (Lipinski definition) is 5. The number of amides is 1. The SMILES string of the molecule is COC(=O)C(=O)c1cccc2c1c(C(=O)C(N)=O)c(C1CC1)n2Cc1ccccc1-c1ccccc1. The van der Waals surface area contributed by atoms with Crippen molar-refractivity contribution >= 4 is 34.3 Å². The summed E-state index contributed by atoms with van der Waals surface area (Å²) in [6.07, 6.45) is 1.69. The van der Waals surface area contributed by atoms with Crippen LogP contribution in [0.2, 0.25) is 0 Å². The van der Waals surface area contributed by atoms with Crippen molar-refractivity contribution in [3.63, 3.8) is 0 Å². The van der Waals surface area contributed by atoms with Gasteiger partial charge in [0.1, 0.15) is 0 Å². The van der Waals surface area contributed by atoms with E-state index < -0.39 is 23.4 Å². The fourth-order valence-corrected chi connectivity index (χ4v) is 4.85. The number of carbonyl (C=O) groups is 4. The molecule has 3 aromatic carbocycles. The number of esters is 1. The number of fused-ring (bicyclic) bond motifs is 1. The Morgan fingerprint density at radius 1 is 0.889 bits per heavy atom. The lowest BCUT2D eigenvalue weighted by Gasteiger charge is -2.15. The number of Topliss-reactive ketones (excluding diaryl/α,β-unsaturated/α-hetero) is 2. The molecule has 1 heterocycles. The third-order valence-electron chi connectivity index (χ3n) is 6.59. The molecule has 0 atom stereocenters. The first-order chi connectivity index (χ1) is 17.4. The highest BCUT2D eigenvalue weighted by atomic mass is 16.5. The van der Waals surface area contributed by atoms with Crippen LogP contribution in [-0.2, 0) is 20.9 Å². The van der Waals surface area contributed by atoms with Crippen LogP contribution in [0.3, 0.4) is 0 Å². The van der Waals surface area contributed by atoms with Crippen molar-refractivity contribution in [2.24, 2.45) is 5.73 Å². The number of benzene rings is 3. The number of primary amides is 1. The van der Waals surface area contributed by atoms with Gasteiger partial charge in [-0.2, -0.15) is 0 Å². The number of carbonyl (C=O) groups excluding carboxylic acids is 4. The number of rotatable bonds is 8. The van der Waals surface area contributed by atoms with E-state index in [0.29, 0.717) is 17.8 Å². The highest BCUT2D eigenvalue weighted by molar-refractivity contribution is 6.48. The predicted molar refractivity (Wildman–Crippen MR) is 135 cm³/mol. The summed E-state index contributed by atoms with van der Waals surface area (Å²) in [6.45, 7) is 0.398. The summed E-state index contributed by atoms with van der Waals surface area (Å²) in [7, 11) is 1.12. The average Bonchev–Trinajstić information content (AvgIpc) is 3.70. The normalized spacial score (nSPS) is 12.9. The first kappa shape index (κ1) is 23.2. The molecule has 1 amide bonds. The van der Waals surface area contributed by atoms with Gasteiger partial charge in [0.15, 0.2) is 0 Å². The first-order valence-corrected chi connectivity index (χ1v) is 11.7. The average molecular weight is 481 g/mol. The Morgan fingerprint density at radius 3 is 2.25 bits per heavy atom. The molecule has 2 N–H and O–H groups in total. The van der Waals surface area contributed by atoms with Gasteiger partial charge in [-0.15, -0.1) is 0 Å². The molecule has 0 unspecified atom stereocenters. The molecular weight excluding hydrogens is 456 g/mol. The molecule has 1 saturated carbocycles. The van der Waals surface area contributed by atoms with Gasteiger partial charge in [0.25, 0.3) is 17.5 Å². The third kappa shape index (κ3) is 3.98. The van der Waals surface area contributed by atoms with Crippen LogP contribution in [0.25, 0.3) is 22.0 Å². The molecule has 180 valence electrons. The van der Waals surface area contributed by atoms with E-state index in [9.17, 15) is 19.2 Å². The Bertz CT molecular complexity index is 1530. The monoisotopic (exact) mass is 480 g/mol. The van der Waals surface area contributed by atoms with Crippen LogP contribution in [0.15, 0.2) is 72.8 Å². The maximum Gasteiger partial charge on any atom is 0.379 e. The second-order valence-electron chi connectivity index (χ2n) is 8.86. The molecule has 1 aliphatic rings. The van der Waals surface area contributed by atoms with Gasteiger partial charge in [0, 0.05) is 29.1 Å². The number of nitrogens with zero attached hydrogens (tertiary/aromatic N) is 1. The maximum atomic E-state index is 13.2. The topological polar surface area (TPSA) is 108 Å². The number of aromatic nitrogens is 1. The van der Waals surface area contributed by atoms with Crippen molar-refractivity contribution in [3.05, 3.63) is 95.2 Å². The molecule has 7 heteroatoms. The lowest BCUT2D eigenvalue weighted by molar-refractivity contribution is -0.135. The van der Waals surface area contributed by atoms with E-state index in [1.165, 1.54) is 6.07 Å². The van der Waals surface area contributed by atoms with Gasteiger partial charge in [0.05, 0.1) is 18.2 Å². The van der Waals surface area contributed by atoms with Crippen LogP contribution >= 0.6 is 0 Å². The Kier molecular flexibility index (Phi) is 5.98. The largest absolute Gasteiger partial charge is 0.463 e. The fourth-order valence-electron chi connectivity index (χ4n) is 4.85. The molecule has 1 aromatic heterocycles. The number of hydrogen-bond donors (Lipinski definition) is 1. The third-order valence-corrected chi connectivity index (χ3v) is 6.59. The Hall–Kier alpha value is -4.52. The summed E-state index contributed by atoms with van der Waals surface area (Å²) in [4.78, 5) is 50.3. The predicted octanol–water partition coefficient (Wildman–Crippen LogP) is 4.26. The van der Waals surface area contributed by atoms with Crippen molar-refractivity contribution in [1.29, 1.82) is 0 Å². The molecule has 5 rings (SSSR count). The van der Waals surface area contributed by atoms with E-state index in [1.54, 1.807) is 12.1 Å². The van der Waals surface area contributed by atoms with E-state index in [4.69, 9.17) is 5.73 Å². The number of methoxy groups -OCH3 is 1. The molecule has 1 fully saturated rings. The Morgan fingerprint density at radius 2 is 1.58 bits per heavy atom. The standard InChI is InChI=1S/C29H24N2O5/c1-36-29(35)26(32)21-12-7-13-22-23(21)24(27(33)28(30)34)25(18-14-15-18)31(22)16-19-10-5-6-11-20(19)17-8-3-2-4-9-17/h2-13,18H,14-16H2,1H3,(H2,30,34). The molecule has 0 saturated heterocycles. The summed E-state index contributed by atoms with van der Waals surface area (Å²) in [6, 6.07) is 22.9. The van der Waals surface area contributed by atoms with Crippen molar-refractivity contribution < 1.29 is 23.9 Å². The second kappa shape index (κ2) is 9.26. The molecule has 1 aliphatic carbocycles. The molecule has 0 aliphatic heterocycles. The van der Waals surface area contributed by atoms with Gasteiger partial charge >= 0.3 is 5.97 Å². The summed E-state index contributed by atoms with van der Waals surface area (Å²) in [5.41, 5.74) is 9.90. The van der Waals surface area contributed by atoms with Crippen LogP contribution < -0.4 is 5.73 Å². The first-order valence-electron chi connectivity index (χ1n) is 11.7. The molecule has 7 nitrogen and oxygen atoms in total. The van der Waals surface area contributed by atoms with Gasteiger partial charge in [-0.25, -0.2) is 4.79 Å². The van der Waals surface area contributed by atoms with E-state index in [1.807, 2.05) is 59.2 Å². The minimum Gasteiger partial charge on any atom is -0.463 e. The molecule has 0 spiro atoms. The summed E-state index contributed by atoms with van der Waals surface area (Å²) in [5, 5.41) is 0.260. The quantitative estimate of drug-likeness (QED) is 0.230. The minimum atomic E-state index is -1.11. The van der Waals surface area contributed by atoms with Crippen molar-refractivity contribution in [2.45, 2.75) is 25.3 Å². The highest BCUT2D eigenvalue weighted by Crippen LogP contribution is 2.46. The summed E-state index contributed by atoms with van der Waals surface area (Å²) in [5.74, 6) is -3.87. The van der Waals surface area contributed by atoms with Gasteiger partial charge in [-0.3, -0.25) is 14.4 Å². The summed E-state index contributed by atoms with van der Waals surface area (Å²) >= 11 is 0. The lowest BCUT2D eigenvalue weighted by atomic mass is 9.97. The Balaban J connectivity index is 1.78. The van der Waals surface area contributed by atoms with Crippen LogP contribution in [0.4, 0.5) is 0 Å². The Labute approximate surface area is 207 Å². The van der Waals surface area contributed by atoms with Crippen LogP contribution in [0.1, 0.15) is 50.7 Å². The van der Waals surface area contributed by atoms with Crippen LogP contribution in [-0.4, -0.2) is 35.1 Å². The molecule has 36 heavy (non-hydrogen) atoms. The number of ketones is 2. The lowest BCUT2D eigenvalue weighted by Crippen LogP contribution is -2.25. The van der Waals surface area contributed by atoms with Crippen LogP contribution in [0.5, 0.6) is 0 Å². The van der Waals surface area contributed by atoms with Gasteiger partial charge in [0.2, 0.25) is 0 Å². The highest BCUT2D eigenvalue weighted by Gasteiger charge is 2.37.